The molecular weight excluding hydrogens is 365 g/mol. The molecule has 3 rings (SSSR count). The zero-order chi connectivity index (χ0) is 20.1. The number of carbonyl (C=O) groups excluding carboxylic acids is 2. The van der Waals surface area contributed by atoms with Crippen LogP contribution in [0.5, 0.6) is 0 Å². The number of likely N-dealkylation sites (tertiary alicyclic amines) is 1. The Balaban J connectivity index is 1.64. The standard InChI is InChI=1S/C20H20FN3O4/c21-16-9-8-13(19(26)27)11-17(16)23-18(25)14-5-4-10-24(12-14)20(28)22-15-6-2-1-3-7-15/h1-3,6-9,11,14H,4-5,10,12H2,(H,22,28)(H,23,25)(H,26,27). The fraction of sp³-hybridized carbons (Fsp3) is 0.250. The summed E-state index contributed by atoms with van der Waals surface area (Å²) in [6.07, 6.45) is 1.19. The number of carboxylic acids is 1. The van der Waals surface area contributed by atoms with Gasteiger partial charge in [-0.15, -0.1) is 0 Å². The first-order valence-corrected chi connectivity index (χ1v) is 8.88. The number of rotatable bonds is 4. The van der Waals surface area contributed by atoms with Gasteiger partial charge in [0, 0.05) is 18.8 Å². The molecule has 1 aliphatic heterocycles. The average molecular weight is 385 g/mol. The number of urea groups is 1. The Morgan fingerprint density at radius 3 is 2.54 bits per heavy atom. The predicted octanol–water partition coefficient (Wildman–Crippen LogP) is 3.41. The zero-order valence-electron chi connectivity index (χ0n) is 15.0. The van der Waals surface area contributed by atoms with Crippen molar-refractivity contribution in [3.63, 3.8) is 0 Å². The van der Waals surface area contributed by atoms with E-state index < -0.39 is 23.6 Å². The van der Waals surface area contributed by atoms with Crippen LogP contribution < -0.4 is 10.6 Å². The smallest absolute Gasteiger partial charge is 0.335 e. The molecule has 28 heavy (non-hydrogen) atoms. The van der Waals surface area contributed by atoms with Crippen molar-refractivity contribution < 1.29 is 23.9 Å². The minimum absolute atomic E-state index is 0.121. The van der Waals surface area contributed by atoms with Gasteiger partial charge < -0.3 is 20.6 Å². The van der Waals surface area contributed by atoms with Crippen molar-refractivity contribution in [2.45, 2.75) is 12.8 Å². The zero-order valence-corrected chi connectivity index (χ0v) is 15.0. The fourth-order valence-electron chi connectivity index (χ4n) is 3.09. The third-order valence-corrected chi connectivity index (χ3v) is 4.58. The number of anilines is 2. The van der Waals surface area contributed by atoms with E-state index >= 15 is 0 Å². The Hall–Kier alpha value is -3.42. The highest BCUT2D eigenvalue weighted by molar-refractivity contribution is 5.96. The van der Waals surface area contributed by atoms with Crippen LogP contribution in [-0.4, -0.2) is 41.0 Å². The lowest BCUT2D eigenvalue weighted by atomic mass is 9.97. The highest BCUT2D eigenvalue weighted by Crippen LogP contribution is 2.22. The van der Waals surface area contributed by atoms with Crippen LogP contribution in [0.1, 0.15) is 23.2 Å². The van der Waals surface area contributed by atoms with Crippen molar-refractivity contribution in [2.75, 3.05) is 23.7 Å². The topological polar surface area (TPSA) is 98.7 Å². The molecule has 0 spiro atoms. The van der Waals surface area contributed by atoms with Crippen molar-refractivity contribution >= 4 is 29.3 Å². The lowest BCUT2D eigenvalue weighted by Gasteiger charge is -2.32. The lowest BCUT2D eigenvalue weighted by molar-refractivity contribution is -0.121. The van der Waals surface area contributed by atoms with Crippen LogP contribution in [0, 0.1) is 11.7 Å². The second kappa shape index (κ2) is 8.51. The first-order chi connectivity index (χ1) is 13.4. The summed E-state index contributed by atoms with van der Waals surface area (Å²) in [5, 5.41) is 14.2. The summed E-state index contributed by atoms with van der Waals surface area (Å²) in [6, 6.07) is 11.9. The molecular formula is C20H20FN3O4. The number of aromatic carboxylic acids is 1. The van der Waals surface area contributed by atoms with E-state index in [9.17, 15) is 18.8 Å². The maximum atomic E-state index is 13.9. The molecule has 0 radical (unpaired) electrons. The number of hydrogen-bond acceptors (Lipinski definition) is 3. The van der Waals surface area contributed by atoms with Gasteiger partial charge >= 0.3 is 12.0 Å². The van der Waals surface area contributed by atoms with E-state index in [1.165, 1.54) is 0 Å². The molecule has 8 heteroatoms. The molecule has 0 saturated carbocycles. The van der Waals surface area contributed by atoms with Crippen LogP contribution in [0.3, 0.4) is 0 Å². The highest BCUT2D eigenvalue weighted by Gasteiger charge is 2.29. The molecule has 0 aliphatic carbocycles. The van der Waals surface area contributed by atoms with E-state index in [0.29, 0.717) is 25.1 Å². The van der Waals surface area contributed by atoms with Gasteiger partial charge in [0.25, 0.3) is 0 Å². The van der Waals surface area contributed by atoms with Gasteiger partial charge in [0.05, 0.1) is 17.2 Å². The number of nitrogens with one attached hydrogen (secondary N) is 2. The average Bonchev–Trinajstić information content (AvgIpc) is 2.70. The number of carboxylic acid groups (broad SMARTS) is 1. The Kier molecular flexibility index (Phi) is 5.88. The van der Waals surface area contributed by atoms with Gasteiger partial charge in [0.15, 0.2) is 0 Å². The van der Waals surface area contributed by atoms with Gasteiger partial charge in [0.2, 0.25) is 5.91 Å². The van der Waals surface area contributed by atoms with Crippen molar-refractivity contribution in [3.8, 4) is 0 Å². The van der Waals surface area contributed by atoms with E-state index in [0.717, 1.165) is 18.2 Å². The molecule has 1 fully saturated rings. The Morgan fingerprint density at radius 1 is 1.07 bits per heavy atom. The molecule has 146 valence electrons. The Labute approximate surface area is 161 Å². The minimum Gasteiger partial charge on any atom is -0.478 e. The van der Waals surface area contributed by atoms with Crippen LogP contribution in [-0.2, 0) is 4.79 Å². The van der Waals surface area contributed by atoms with Crippen LogP contribution in [0.15, 0.2) is 48.5 Å². The number of benzene rings is 2. The van der Waals surface area contributed by atoms with Gasteiger partial charge in [0.1, 0.15) is 5.82 Å². The third-order valence-electron chi connectivity index (χ3n) is 4.58. The largest absolute Gasteiger partial charge is 0.478 e. The second-order valence-corrected chi connectivity index (χ2v) is 6.57. The van der Waals surface area contributed by atoms with E-state index in [1.54, 1.807) is 17.0 Å². The van der Waals surface area contributed by atoms with E-state index in [4.69, 9.17) is 5.11 Å². The number of halogens is 1. The SMILES string of the molecule is O=C(O)c1ccc(F)c(NC(=O)C2CCCN(C(=O)Nc3ccccc3)C2)c1. The van der Waals surface area contributed by atoms with Gasteiger partial charge in [-0.1, -0.05) is 18.2 Å². The molecule has 0 aromatic heterocycles. The third kappa shape index (κ3) is 4.64. The summed E-state index contributed by atoms with van der Waals surface area (Å²) < 4.78 is 13.9. The Morgan fingerprint density at radius 2 is 1.82 bits per heavy atom. The van der Waals surface area contributed by atoms with Crippen LogP contribution in [0.2, 0.25) is 0 Å². The minimum atomic E-state index is -1.21. The van der Waals surface area contributed by atoms with Crippen LogP contribution >= 0.6 is 0 Å². The van der Waals surface area contributed by atoms with Crippen LogP contribution in [0.4, 0.5) is 20.6 Å². The molecule has 2 aromatic carbocycles. The molecule has 1 atom stereocenters. The van der Waals surface area contributed by atoms with Gasteiger partial charge in [-0.2, -0.15) is 0 Å². The maximum Gasteiger partial charge on any atom is 0.335 e. The molecule has 1 aliphatic rings. The lowest BCUT2D eigenvalue weighted by Crippen LogP contribution is -2.45. The molecule has 7 nitrogen and oxygen atoms in total. The first kappa shape index (κ1) is 19.3. The second-order valence-electron chi connectivity index (χ2n) is 6.57. The number of piperidine rings is 1. The van der Waals surface area contributed by atoms with E-state index in [-0.39, 0.29) is 23.8 Å². The van der Waals surface area contributed by atoms with Crippen LogP contribution in [0.25, 0.3) is 0 Å². The molecule has 1 saturated heterocycles. The maximum absolute atomic E-state index is 13.9. The number of hydrogen-bond donors (Lipinski definition) is 3. The van der Waals surface area contributed by atoms with E-state index in [1.807, 2.05) is 18.2 Å². The number of para-hydroxylation sites is 1. The number of carbonyl (C=O) groups is 3. The summed E-state index contributed by atoms with van der Waals surface area (Å²) >= 11 is 0. The Bertz CT molecular complexity index is 888. The fourth-order valence-corrected chi connectivity index (χ4v) is 3.09. The molecule has 2 aromatic rings. The monoisotopic (exact) mass is 385 g/mol. The summed E-state index contributed by atoms with van der Waals surface area (Å²) in [5.41, 5.74) is 0.353. The normalized spacial score (nSPS) is 16.3. The van der Waals surface area contributed by atoms with Gasteiger partial charge in [-0.3, -0.25) is 4.79 Å². The number of amides is 3. The summed E-state index contributed by atoms with van der Waals surface area (Å²) in [6.45, 7) is 0.718. The summed E-state index contributed by atoms with van der Waals surface area (Å²) in [7, 11) is 0. The number of nitrogens with zero attached hydrogens (tertiary/aromatic N) is 1. The molecule has 3 amide bonds. The van der Waals surface area contributed by atoms with Crippen molar-refractivity contribution in [3.05, 3.63) is 59.9 Å². The molecule has 3 N–H and O–H groups in total. The summed E-state index contributed by atoms with van der Waals surface area (Å²) in [4.78, 5) is 37.5. The quantitative estimate of drug-likeness (QED) is 0.751. The van der Waals surface area contributed by atoms with Gasteiger partial charge in [-0.05, 0) is 43.2 Å². The molecule has 0 bridgehead atoms. The van der Waals surface area contributed by atoms with Crippen molar-refractivity contribution in [1.82, 2.24) is 4.90 Å². The van der Waals surface area contributed by atoms with E-state index in [2.05, 4.69) is 10.6 Å². The van der Waals surface area contributed by atoms with Crippen molar-refractivity contribution in [1.29, 1.82) is 0 Å². The summed E-state index contributed by atoms with van der Waals surface area (Å²) in [5.74, 6) is -2.88. The first-order valence-electron chi connectivity index (χ1n) is 8.88. The van der Waals surface area contributed by atoms with Crippen molar-refractivity contribution in [2.24, 2.45) is 5.92 Å². The molecule has 1 unspecified atom stereocenters. The van der Waals surface area contributed by atoms with Gasteiger partial charge in [-0.25, -0.2) is 14.0 Å². The molecule has 1 heterocycles. The highest BCUT2D eigenvalue weighted by atomic mass is 19.1. The predicted molar refractivity (Wildman–Crippen MR) is 102 cm³/mol.